The Morgan fingerprint density at radius 3 is 2.88 bits per heavy atom. The van der Waals surface area contributed by atoms with Crippen LogP contribution in [-0.2, 0) is 12.8 Å². The van der Waals surface area contributed by atoms with Gasteiger partial charge >= 0.3 is 5.97 Å². The van der Waals surface area contributed by atoms with Gasteiger partial charge in [0.05, 0.1) is 23.4 Å². The van der Waals surface area contributed by atoms with Crippen molar-refractivity contribution in [3.8, 4) is 0 Å². The van der Waals surface area contributed by atoms with Gasteiger partial charge in [0.2, 0.25) is 0 Å². The summed E-state index contributed by atoms with van der Waals surface area (Å²) < 4.78 is 0. The van der Waals surface area contributed by atoms with Gasteiger partial charge in [-0.2, -0.15) is 4.80 Å². The zero-order valence-corrected chi connectivity index (χ0v) is 9.76. The lowest BCUT2D eigenvalue weighted by Crippen LogP contribution is -1.97. The molecular weight excluding hydrogens is 242 g/mol. The van der Waals surface area contributed by atoms with Crippen LogP contribution >= 0.6 is 11.8 Å². The number of hydrogen-bond acceptors (Lipinski definition) is 6. The first-order valence-corrected chi connectivity index (χ1v) is 5.69. The summed E-state index contributed by atoms with van der Waals surface area (Å²) in [6.45, 7) is 0. The van der Waals surface area contributed by atoms with Crippen LogP contribution in [0.4, 0.5) is 0 Å². The first kappa shape index (κ1) is 11.5. The second-order valence-corrected chi connectivity index (χ2v) is 4.17. The quantitative estimate of drug-likeness (QED) is 0.795. The van der Waals surface area contributed by atoms with E-state index in [0.717, 1.165) is 5.03 Å². The highest BCUT2D eigenvalue weighted by molar-refractivity contribution is 7.98. The predicted molar refractivity (Wildman–Crippen MR) is 59.6 cm³/mol. The zero-order chi connectivity index (χ0) is 12.3. The standard InChI is InChI=1S/C9H9N5O2S/c1-14-12-7(11-13-14)5-17-8-3-2-6(4-10-8)9(15)16/h2-4H,5H2,1H3,(H,15,16). The summed E-state index contributed by atoms with van der Waals surface area (Å²) in [4.78, 5) is 16.0. The number of hydrogen-bond donors (Lipinski definition) is 1. The van der Waals surface area contributed by atoms with Crippen LogP contribution in [-0.4, -0.2) is 36.3 Å². The third-order valence-electron chi connectivity index (χ3n) is 1.88. The predicted octanol–water partition coefficient (Wildman–Crippen LogP) is 0.596. The Morgan fingerprint density at radius 2 is 2.35 bits per heavy atom. The van der Waals surface area contributed by atoms with Crippen LogP contribution < -0.4 is 0 Å². The van der Waals surface area contributed by atoms with Gasteiger partial charge in [-0.1, -0.05) is 11.8 Å². The van der Waals surface area contributed by atoms with Crippen LogP contribution in [0.5, 0.6) is 0 Å². The Balaban J connectivity index is 1.97. The molecule has 1 N–H and O–H groups in total. The van der Waals surface area contributed by atoms with Gasteiger partial charge in [0.1, 0.15) is 0 Å². The Labute approximate surface area is 101 Å². The lowest BCUT2D eigenvalue weighted by molar-refractivity contribution is 0.0696. The fourth-order valence-electron chi connectivity index (χ4n) is 1.11. The molecule has 2 aromatic heterocycles. The van der Waals surface area contributed by atoms with Crippen LogP contribution in [0.1, 0.15) is 16.2 Å². The minimum Gasteiger partial charge on any atom is -0.478 e. The smallest absolute Gasteiger partial charge is 0.337 e. The summed E-state index contributed by atoms with van der Waals surface area (Å²) in [7, 11) is 1.70. The maximum absolute atomic E-state index is 10.6. The molecule has 0 amide bonds. The molecule has 17 heavy (non-hydrogen) atoms. The van der Waals surface area contributed by atoms with Gasteiger partial charge in [0.25, 0.3) is 0 Å². The van der Waals surface area contributed by atoms with E-state index in [4.69, 9.17) is 5.11 Å². The maximum atomic E-state index is 10.6. The first-order valence-electron chi connectivity index (χ1n) is 4.70. The summed E-state index contributed by atoms with van der Waals surface area (Å²) in [6, 6.07) is 3.17. The van der Waals surface area contributed by atoms with Crippen molar-refractivity contribution in [2.45, 2.75) is 10.8 Å². The van der Waals surface area contributed by atoms with Crippen molar-refractivity contribution in [1.29, 1.82) is 0 Å². The molecule has 2 aromatic rings. The normalized spacial score (nSPS) is 10.4. The van der Waals surface area contributed by atoms with Gasteiger partial charge < -0.3 is 5.11 Å². The molecular formula is C9H9N5O2S. The van der Waals surface area contributed by atoms with Crippen LogP contribution in [0.3, 0.4) is 0 Å². The second kappa shape index (κ2) is 4.91. The van der Waals surface area contributed by atoms with Crippen molar-refractivity contribution >= 4 is 17.7 Å². The molecule has 0 radical (unpaired) electrons. The zero-order valence-electron chi connectivity index (χ0n) is 8.94. The monoisotopic (exact) mass is 251 g/mol. The van der Waals surface area contributed by atoms with Gasteiger partial charge in [-0.05, 0) is 17.3 Å². The largest absolute Gasteiger partial charge is 0.478 e. The SMILES string of the molecule is Cn1nnc(CSc2ccc(C(=O)O)cn2)n1. The van der Waals surface area contributed by atoms with E-state index in [9.17, 15) is 4.79 Å². The molecule has 8 heteroatoms. The highest BCUT2D eigenvalue weighted by Gasteiger charge is 2.05. The topological polar surface area (TPSA) is 93.8 Å². The number of carboxylic acid groups (broad SMARTS) is 1. The fourth-order valence-corrected chi connectivity index (χ4v) is 1.80. The molecule has 0 aliphatic heterocycles. The van der Waals surface area contributed by atoms with E-state index in [1.165, 1.54) is 28.8 Å². The van der Waals surface area contributed by atoms with E-state index in [2.05, 4.69) is 20.4 Å². The van der Waals surface area contributed by atoms with E-state index >= 15 is 0 Å². The number of pyridine rings is 1. The van der Waals surface area contributed by atoms with Gasteiger partial charge in [-0.3, -0.25) is 0 Å². The lowest BCUT2D eigenvalue weighted by atomic mass is 10.3. The number of nitrogens with zero attached hydrogens (tertiary/aromatic N) is 5. The molecule has 0 aliphatic carbocycles. The molecule has 7 nitrogen and oxygen atoms in total. The molecule has 2 heterocycles. The molecule has 0 aromatic carbocycles. The molecule has 0 atom stereocenters. The summed E-state index contributed by atoms with van der Waals surface area (Å²) in [5, 5.41) is 21.0. The molecule has 0 unspecified atom stereocenters. The van der Waals surface area contributed by atoms with Crippen molar-refractivity contribution in [3.05, 3.63) is 29.7 Å². The highest BCUT2D eigenvalue weighted by atomic mass is 32.2. The van der Waals surface area contributed by atoms with Gasteiger partial charge in [0.15, 0.2) is 5.82 Å². The van der Waals surface area contributed by atoms with Crippen molar-refractivity contribution < 1.29 is 9.90 Å². The van der Waals surface area contributed by atoms with Crippen LogP contribution in [0.2, 0.25) is 0 Å². The Bertz CT molecular complexity index is 524. The molecule has 0 bridgehead atoms. The van der Waals surface area contributed by atoms with E-state index in [1.54, 1.807) is 13.1 Å². The molecule has 2 rings (SSSR count). The van der Waals surface area contributed by atoms with Crippen LogP contribution in [0.15, 0.2) is 23.4 Å². The minimum absolute atomic E-state index is 0.173. The van der Waals surface area contributed by atoms with E-state index in [0.29, 0.717) is 11.6 Å². The average molecular weight is 251 g/mol. The summed E-state index contributed by atoms with van der Waals surface area (Å²) in [5.41, 5.74) is 0.173. The van der Waals surface area contributed by atoms with Crippen molar-refractivity contribution in [2.24, 2.45) is 7.05 Å². The number of aromatic nitrogens is 5. The third kappa shape index (κ3) is 3.00. The Morgan fingerprint density at radius 1 is 1.53 bits per heavy atom. The number of carbonyl (C=O) groups is 1. The summed E-state index contributed by atoms with van der Waals surface area (Å²) >= 11 is 1.42. The molecule has 0 fully saturated rings. The second-order valence-electron chi connectivity index (χ2n) is 3.17. The van der Waals surface area contributed by atoms with Crippen LogP contribution in [0.25, 0.3) is 0 Å². The Kier molecular flexibility index (Phi) is 3.33. The van der Waals surface area contributed by atoms with Crippen LogP contribution in [0, 0.1) is 0 Å². The molecule has 0 saturated carbocycles. The number of thioether (sulfide) groups is 1. The Hall–Kier alpha value is -1.96. The highest BCUT2D eigenvalue weighted by Crippen LogP contribution is 2.18. The number of rotatable bonds is 4. The fraction of sp³-hybridized carbons (Fsp3) is 0.222. The first-order chi connectivity index (χ1) is 8.15. The number of carboxylic acids is 1. The molecule has 0 spiro atoms. The molecule has 0 saturated heterocycles. The van der Waals surface area contributed by atoms with Gasteiger partial charge in [-0.25, -0.2) is 9.78 Å². The molecule has 0 aliphatic rings. The van der Waals surface area contributed by atoms with E-state index in [-0.39, 0.29) is 5.56 Å². The van der Waals surface area contributed by atoms with Crippen molar-refractivity contribution in [1.82, 2.24) is 25.2 Å². The molecule has 88 valence electrons. The van der Waals surface area contributed by atoms with Gasteiger partial charge in [-0.15, -0.1) is 10.2 Å². The van der Waals surface area contributed by atoms with E-state index < -0.39 is 5.97 Å². The van der Waals surface area contributed by atoms with Crippen molar-refractivity contribution in [3.63, 3.8) is 0 Å². The third-order valence-corrected chi connectivity index (χ3v) is 2.82. The minimum atomic E-state index is -0.982. The van der Waals surface area contributed by atoms with Crippen molar-refractivity contribution in [2.75, 3.05) is 0 Å². The summed E-state index contributed by atoms with van der Waals surface area (Å²) in [6.07, 6.45) is 1.33. The number of tetrazole rings is 1. The lowest BCUT2D eigenvalue weighted by Gasteiger charge is -1.98. The summed E-state index contributed by atoms with van der Waals surface area (Å²) in [5.74, 6) is 0.180. The van der Waals surface area contributed by atoms with Gasteiger partial charge in [0, 0.05) is 6.20 Å². The van der Waals surface area contributed by atoms with E-state index in [1.807, 2.05) is 0 Å². The number of aromatic carboxylic acids is 1. The average Bonchev–Trinajstić information content (AvgIpc) is 2.73. The maximum Gasteiger partial charge on any atom is 0.337 e. The number of aryl methyl sites for hydroxylation is 1.